The molecule has 28 heavy (non-hydrogen) atoms. The smallest absolute Gasteiger partial charge is 0.338 e. The second-order valence-electron chi connectivity index (χ2n) is 6.60. The molecule has 3 N–H and O–H groups in total. The van der Waals surface area contributed by atoms with Crippen LogP contribution in [0.1, 0.15) is 24.3 Å². The Morgan fingerprint density at radius 2 is 2.00 bits per heavy atom. The summed E-state index contributed by atoms with van der Waals surface area (Å²) in [6, 6.07) is 8.49. The summed E-state index contributed by atoms with van der Waals surface area (Å²) >= 11 is 0. The van der Waals surface area contributed by atoms with E-state index in [1.54, 1.807) is 31.2 Å². The van der Waals surface area contributed by atoms with Crippen molar-refractivity contribution in [2.45, 2.75) is 19.5 Å². The first-order valence-electron chi connectivity index (χ1n) is 9.04. The zero-order valence-corrected chi connectivity index (χ0v) is 15.8. The van der Waals surface area contributed by atoms with Crippen LogP contribution in [0.5, 0.6) is 0 Å². The molecule has 2 atom stereocenters. The summed E-state index contributed by atoms with van der Waals surface area (Å²) in [5.74, 6) is -0.354. The summed E-state index contributed by atoms with van der Waals surface area (Å²) in [6.07, 6.45) is 1.48. The second-order valence-corrected chi connectivity index (χ2v) is 6.60. The number of urea groups is 1. The van der Waals surface area contributed by atoms with Gasteiger partial charge in [0.1, 0.15) is 30.7 Å². The molecular formula is C20H23FN3O4+. The number of ether oxygens (including phenoxy) is 1. The van der Waals surface area contributed by atoms with Crippen LogP contribution in [0.4, 0.5) is 9.18 Å². The van der Waals surface area contributed by atoms with Gasteiger partial charge in [-0.15, -0.1) is 0 Å². The molecule has 2 amide bonds. The van der Waals surface area contributed by atoms with Crippen molar-refractivity contribution in [1.82, 2.24) is 10.6 Å². The second kappa shape index (κ2) is 8.71. The van der Waals surface area contributed by atoms with Crippen LogP contribution in [-0.4, -0.2) is 32.2 Å². The molecule has 1 aromatic carbocycles. The van der Waals surface area contributed by atoms with E-state index in [1.807, 2.05) is 7.05 Å². The van der Waals surface area contributed by atoms with Crippen molar-refractivity contribution in [3.05, 3.63) is 71.1 Å². The molecular weight excluding hydrogens is 365 g/mol. The van der Waals surface area contributed by atoms with Crippen LogP contribution < -0.4 is 15.5 Å². The van der Waals surface area contributed by atoms with Gasteiger partial charge in [0.15, 0.2) is 0 Å². The monoisotopic (exact) mass is 388 g/mol. The largest absolute Gasteiger partial charge is 0.467 e. The first-order chi connectivity index (χ1) is 13.5. The highest BCUT2D eigenvalue weighted by molar-refractivity contribution is 5.95. The highest BCUT2D eigenvalue weighted by Crippen LogP contribution is 2.27. The van der Waals surface area contributed by atoms with E-state index in [-0.39, 0.29) is 12.4 Å². The highest BCUT2D eigenvalue weighted by atomic mass is 19.1. The van der Waals surface area contributed by atoms with E-state index in [9.17, 15) is 14.0 Å². The van der Waals surface area contributed by atoms with Crippen molar-refractivity contribution in [3.63, 3.8) is 0 Å². The van der Waals surface area contributed by atoms with Crippen LogP contribution in [0.15, 0.2) is 58.3 Å². The molecule has 0 saturated heterocycles. The van der Waals surface area contributed by atoms with Gasteiger partial charge >= 0.3 is 12.0 Å². The Hall–Kier alpha value is -3.13. The van der Waals surface area contributed by atoms with Gasteiger partial charge in [0.2, 0.25) is 0 Å². The van der Waals surface area contributed by atoms with Crippen molar-refractivity contribution in [3.8, 4) is 0 Å². The Kier molecular flexibility index (Phi) is 6.10. The van der Waals surface area contributed by atoms with E-state index in [0.29, 0.717) is 30.1 Å². The zero-order chi connectivity index (χ0) is 20.1. The van der Waals surface area contributed by atoms with Crippen molar-refractivity contribution in [2.24, 2.45) is 0 Å². The Morgan fingerprint density at radius 1 is 1.25 bits per heavy atom. The number of amides is 2. The first kappa shape index (κ1) is 19.6. The van der Waals surface area contributed by atoms with Crippen LogP contribution in [0.2, 0.25) is 0 Å². The van der Waals surface area contributed by atoms with E-state index in [2.05, 4.69) is 10.6 Å². The molecule has 2 aromatic rings. The summed E-state index contributed by atoms with van der Waals surface area (Å²) in [5.41, 5.74) is 1.73. The predicted octanol–water partition coefficient (Wildman–Crippen LogP) is 1.30. The van der Waals surface area contributed by atoms with Crippen molar-refractivity contribution in [1.29, 1.82) is 0 Å². The normalized spacial score (nSPS) is 17.7. The van der Waals surface area contributed by atoms with E-state index in [1.165, 1.54) is 18.4 Å². The predicted molar refractivity (Wildman–Crippen MR) is 98.6 cm³/mol. The molecule has 0 bridgehead atoms. The minimum Gasteiger partial charge on any atom is -0.467 e. The summed E-state index contributed by atoms with van der Waals surface area (Å²) in [4.78, 5) is 25.8. The fourth-order valence-corrected chi connectivity index (χ4v) is 3.19. The number of quaternary nitrogens is 1. The van der Waals surface area contributed by atoms with Crippen molar-refractivity contribution >= 4 is 12.0 Å². The van der Waals surface area contributed by atoms with Gasteiger partial charge in [-0.25, -0.2) is 14.0 Å². The standard InChI is InChI=1S/C20H22FN3O4/c1-3-27-19(25)17-15(12-24(2)11-13-6-8-14(21)9-7-13)22-20(26)23-18(17)16-5-4-10-28-16/h4-10,18H,3,11-12H2,1-2H3,(H2,22,23,26)/p+1/t18-/m1/s1. The van der Waals surface area contributed by atoms with Gasteiger partial charge in [0, 0.05) is 5.56 Å². The molecule has 8 heteroatoms. The lowest BCUT2D eigenvalue weighted by Crippen LogP contribution is -3.08. The quantitative estimate of drug-likeness (QED) is 0.625. The number of hydrogen-bond donors (Lipinski definition) is 3. The highest BCUT2D eigenvalue weighted by Gasteiger charge is 2.36. The van der Waals surface area contributed by atoms with Crippen molar-refractivity contribution in [2.75, 3.05) is 20.2 Å². The van der Waals surface area contributed by atoms with Gasteiger partial charge < -0.3 is 24.7 Å². The van der Waals surface area contributed by atoms with Crippen LogP contribution in [0, 0.1) is 5.82 Å². The van der Waals surface area contributed by atoms with Gasteiger partial charge in [0.25, 0.3) is 0 Å². The first-order valence-corrected chi connectivity index (χ1v) is 9.04. The van der Waals surface area contributed by atoms with Crippen molar-refractivity contribution < 1.29 is 28.0 Å². The van der Waals surface area contributed by atoms with Gasteiger partial charge in [-0.05, 0) is 31.2 Å². The molecule has 2 heterocycles. The maximum Gasteiger partial charge on any atom is 0.338 e. The maximum absolute atomic E-state index is 13.1. The Labute approximate surface area is 162 Å². The molecule has 0 aliphatic carbocycles. The third-order valence-corrected chi connectivity index (χ3v) is 4.37. The summed E-state index contributed by atoms with van der Waals surface area (Å²) < 4.78 is 23.7. The van der Waals surface area contributed by atoms with E-state index in [0.717, 1.165) is 10.5 Å². The minimum atomic E-state index is -0.726. The van der Waals surface area contributed by atoms with E-state index < -0.39 is 18.0 Å². The van der Waals surface area contributed by atoms with Gasteiger partial charge in [0.05, 0.1) is 31.2 Å². The number of benzene rings is 1. The average molecular weight is 388 g/mol. The molecule has 1 unspecified atom stereocenters. The molecule has 0 saturated carbocycles. The van der Waals surface area contributed by atoms with E-state index >= 15 is 0 Å². The Morgan fingerprint density at radius 3 is 2.64 bits per heavy atom. The maximum atomic E-state index is 13.1. The fraction of sp³-hybridized carbons (Fsp3) is 0.300. The number of nitrogens with one attached hydrogen (secondary N) is 3. The third-order valence-electron chi connectivity index (χ3n) is 4.37. The fourth-order valence-electron chi connectivity index (χ4n) is 3.19. The number of carbonyl (C=O) groups excluding carboxylic acids is 2. The van der Waals surface area contributed by atoms with E-state index in [4.69, 9.17) is 9.15 Å². The lowest BCUT2D eigenvalue weighted by atomic mass is 10.00. The molecule has 1 aromatic heterocycles. The minimum absolute atomic E-state index is 0.215. The van der Waals surface area contributed by atoms with Gasteiger partial charge in [-0.1, -0.05) is 12.1 Å². The number of rotatable bonds is 7. The third kappa shape index (κ3) is 4.58. The van der Waals surface area contributed by atoms with Gasteiger partial charge in [-0.2, -0.15) is 0 Å². The Bertz CT molecular complexity index is 862. The zero-order valence-electron chi connectivity index (χ0n) is 15.8. The van der Waals surface area contributed by atoms with Crippen LogP contribution >= 0.6 is 0 Å². The summed E-state index contributed by atoms with van der Waals surface area (Å²) in [7, 11) is 1.93. The summed E-state index contributed by atoms with van der Waals surface area (Å²) in [5, 5.41) is 5.44. The lowest BCUT2D eigenvalue weighted by molar-refractivity contribution is -0.889. The number of furan rings is 1. The Balaban J connectivity index is 1.87. The average Bonchev–Trinajstić information content (AvgIpc) is 3.18. The molecule has 1 aliphatic heterocycles. The van der Waals surface area contributed by atoms with Crippen LogP contribution in [0.25, 0.3) is 0 Å². The topological polar surface area (TPSA) is 85.0 Å². The molecule has 0 radical (unpaired) electrons. The van der Waals surface area contributed by atoms with Crippen LogP contribution in [0.3, 0.4) is 0 Å². The summed E-state index contributed by atoms with van der Waals surface area (Å²) in [6.45, 7) is 2.90. The number of esters is 1. The molecule has 3 rings (SSSR count). The molecule has 7 nitrogen and oxygen atoms in total. The molecule has 1 aliphatic rings. The molecule has 0 spiro atoms. The van der Waals surface area contributed by atoms with Gasteiger partial charge in [-0.3, -0.25) is 0 Å². The number of halogens is 1. The van der Waals surface area contributed by atoms with Crippen LogP contribution in [-0.2, 0) is 16.1 Å². The molecule has 0 fully saturated rings. The number of hydrogen-bond acceptors (Lipinski definition) is 4. The number of likely N-dealkylation sites (N-methyl/N-ethyl adjacent to an activating group) is 1. The molecule has 148 valence electrons. The number of carbonyl (C=O) groups is 2. The SMILES string of the molecule is CCOC(=O)C1=C(C[NH+](C)Cc2ccc(F)cc2)NC(=O)N[C@@H]1c1ccco1. The lowest BCUT2D eigenvalue weighted by Gasteiger charge is -2.28.